The summed E-state index contributed by atoms with van der Waals surface area (Å²) in [5, 5.41) is 11.9. The first kappa shape index (κ1) is 15.0. The quantitative estimate of drug-likeness (QED) is 0.615. The number of nitro groups is 1. The van der Waals surface area contributed by atoms with E-state index in [1.54, 1.807) is 24.3 Å². The zero-order valence-electron chi connectivity index (χ0n) is 12.3. The van der Waals surface area contributed by atoms with Crippen molar-refractivity contribution in [2.45, 2.75) is 38.8 Å². The standard InChI is InChI=1S/C16H16ClNO4/c1-16(2)7-11(19)14-12(8-16)22-15(18(20)21)13(14)9-4-3-5-10(17)6-9/h3-6,13,15H,7-8H2,1-2H3/t13-,15-/m1/s1. The molecule has 6 heteroatoms. The van der Waals surface area contributed by atoms with Crippen LogP contribution in [0.3, 0.4) is 0 Å². The van der Waals surface area contributed by atoms with Crippen LogP contribution in [0.25, 0.3) is 0 Å². The third kappa shape index (κ3) is 2.50. The van der Waals surface area contributed by atoms with Gasteiger partial charge in [-0.3, -0.25) is 14.9 Å². The number of rotatable bonds is 2. The first-order chi connectivity index (χ1) is 10.3. The first-order valence-corrected chi connectivity index (χ1v) is 7.48. The molecule has 116 valence electrons. The summed E-state index contributed by atoms with van der Waals surface area (Å²) in [4.78, 5) is 23.5. The maximum atomic E-state index is 12.5. The summed E-state index contributed by atoms with van der Waals surface area (Å²) in [6.45, 7) is 3.93. The molecule has 1 aliphatic heterocycles. The summed E-state index contributed by atoms with van der Waals surface area (Å²) in [7, 11) is 0. The van der Waals surface area contributed by atoms with E-state index in [2.05, 4.69) is 0 Å². The maximum absolute atomic E-state index is 12.5. The molecule has 0 spiro atoms. The second-order valence-corrected chi connectivity index (χ2v) is 7.04. The molecule has 0 aromatic heterocycles. The summed E-state index contributed by atoms with van der Waals surface area (Å²) < 4.78 is 5.56. The van der Waals surface area contributed by atoms with Gasteiger partial charge in [-0.1, -0.05) is 37.6 Å². The van der Waals surface area contributed by atoms with E-state index in [0.29, 0.717) is 34.8 Å². The predicted molar refractivity (Wildman–Crippen MR) is 81.1 cm³/mol. The van der Waals surface area contributed by atoms with Crippen LogP contribution >= 0.6 is 11.6 Å². The van der Waals surface area contributed by atoms with E-state index in [4.69, 9.17) is 16.3 Å². The minimum absolute atomic E-state index is 0.0689. The Morgan fingerprint density at radius 2 is 2.09 bits per heavy atom. The molecule has 0 N–H and O–H groups in total. The van der Waals surface area contributed by atoms with E-state index >= 15 is 0 Å². The molecule has 0 bridgehead atoms. The van der Waals surface area contributed by atoms with Crippen LogP contribution in [-0.4, -0.2) is 16.9 Å². The monoisotopic (exact) mass is 321 g/mol. The number of carbonyl (C=O) groups excluding carboxylic acids is 1. The van der Waals surface area contributed by atoms with Crippen LogP contribution in [0.5, 0.6) is 0 Å². The molecule has 3 rings (SSSR count). The number of hydrogen-bond donors (Lipinski definition) is 0. The zero-order chi connectivity index (χ0) is 16.1. The van der Waals surface area contributed by atoms with Crippen LogP contribution in [0.1, 0.15) is 38.2 Å². The van der Waals surface area contributed by atoms with Gasteiger partial charge in [-0.05, 0) is 23.1 Å². The topological polar surface area (TPSA) is 69.4 Å². The maximum Gasteiger partial charge on any atom is 0.364 e. The third-order valence-electron chi connectivity index (χ3n) is 4.15. The van der Waals surface area contributed by atoms with Gasteiger partial charge < -0.3 is 4.74 Å². The van der Waals surface area contributed by atoms with Crippen LogP contribution in [0.2, 0.25) is 5.02 Å². The summed E-state index contributed by atoms with van der Waals surface area (Å²) in [6, 6.07) is 6.84. The summed E-state index contributed by atoms with van der Waals surface area (Å²) in [6.07, 6.45) is -0.354. The molecule has 0 saturated heterocycles. The Balaban J connectivity index is 2.10. The van der Waals surface area contributed by atoms with E-state index < -0.39 is 17.1 Å². The smallest absolute Gasteiger partial charge is 0.364 e. The molecule has 1 heterocycles. The third-order valence-corrected chi connectivity index (χ3v) is 4.39. The average molecular weight is 322 g/mol. The van der Waals surface area contributed by atoms with Gasteiger partial charge >= 0.3 is 6.23 Å². The van der Waals surface area contributed by atoms with Gasteiger partial charge in [-0.15, -0.1) is 0 Å². The minimum Gasteiger partial charge on any atom is -0.433 e. The fourth-order valence-corrected chi connectivity index (χ4v) is 3.48. The highest BCUT2D eigenvalue weighted by Gasteiger charge is 2.51. The fraction of sp³-hybridized carbons (Fsp3) is 0.438. The Morgan fingerprint density at radius 3 is 2.73 bits per heavy atom. The van der Waals surface area contributed by atoms with E-state index in [1.165, 1.54) is 0 Å². The van der Waals surface area contributed by atoms with E-state index in [0.717, 1.165) is 0 Å². The molecule has 22 heavy (non-hydrogen) atoms. The van der Waals surface area contributed by atoms with Crippen molar-refractivity contribution in [1.29, 1.82) is 0 Å². The average Bonchev–Trinajstić information content (AvgIpc) is 2.76. The Hall–Kier alpha value is -1.88. The molecule has 0 unspecified atom stereocenters. The lowest BCUT2D eigenvalue weighted by molar-refractivity contribution is -0.570. The van der Waals surface area contributed by atoms with Crippen LogP contribution in [-0.2, 0) is 9.53 Å². The molecule has 2 aliphatic rings. The van der Waals surface area contributed by atoms with Crippen LogP contribution < -0.4 is 0 Å². The molecule has 0 saturated carbocycles. The molecular weight excluding hydrogens is 306 g/mol. The van der Waals surface area contributed by atoms with Crippen molar-refractivity contribution in [2.75, 3.05) is 0 Å². The molecule has 1 aromatic carbocycles. The van der Waals surface area contributed by atoms with Gasteiger partial charge in [0.05, 0.1) is 10.5 Å². The van der Waals surface area contributed by atoms with Crippen molar-refractivity contribution in [1.82, 2.24) is 0 Å². The molecule has 1 aliphatic carbocycles. The number of allylic oxidation sites excluding steroid dienone is 1. The van der Waals surface area contributed by atoms with Crippen molar-refractivity contribution < 1.29 is 14.5 Å². The number of carbonyl (C=O) groups is 1. The van der Waals surface area contributed by atoms with Crippen molar-refractivity contribution in [3.63, 3.8) is 0 Å². The normalized spacial score (nSPS) is 26.6. The van der Waals surface area contributed by atoms with E-state index in [1.807, 2.05) is 13.8 Å². The largest absolute Gasteiger partial charge is 0.433 e. The number of Topliss-reactive ketones (excluding diaryl/α,β-unsaturated/α-hetero) is 1. The number of hydrogen-bond acceptors (Lipinski definition) is 4. The Kier molecular flexibility index (Phi) is 3.48. The van der Waals surface area contributed by atoms with Gasteiger partial charge in [0.1, 0.15) is 11.7 Å². The lowest BCUT2D eigenvalue weighted by Crippen LogP contribution is -2.28. The van der Waals surface area contributed by atoms with Gasteiger partial charge in [0.2, 0.25) is 0 Å². The SMILES string of the molecule is CC1(C)CC(=O)C2=C(C1)O[C@@H]([N+](=O)[O-])[C@@H]2c1cccc(Cl)c1. The lowest BCUT2D eigenvalue weighted by Gasteiger charge is -2.28. The van der Waals surface area contributed by atoms with Gasteiger partial charge in [0, 0.05) is 17.9 Å². The van der Waals surface area contributed by atoms with Crippen LogP contribution in [0.15, 0.2) is 35.6 Å². The minimum atomic E-state index is -1.26. The highest BCUT2D eigenvalue weighted by molar-refractivity contribution is 6.30. The van der Waals surface area contributed by atoms with Crippen molar-refractivity contribution in [3.05, 3.63) is 56.3 Å². The van der Waals surface area contributed by atoms with Gasteiger partial charge in [0.25, 0.3) is 0 Å². The Bertz CT molecular complexity index is 695. The molecule has 5 nitrogen and oxygen atoms in total. The number of ketones is 1. The van der Waals surface area contributed by atoms with Gasteiger partial charge in [0.15, 0.2) is 5.78 Å². The highest BCUT2D eigenvalue weighted by atomic mass is 35.5. The van der Waals surface area contributed by atoms with Crippen molar-refractivity contribution in [2.24, 2.45) is 5.41 Å². The number of nitrogens with zero attached hydrogens (tertiary/aromatic N) is 1. The molecule has 1 aromatic rings. The summed E-state index contributed by atoms with van der Waals surface area (Å²) in [5.74, 6) is -0.291. The Labute approximate surface area is 133 Å². The number of ether oxygens (including phenoxy) is 1. The molecule has 0 fully saturated rings. The van der Waals surface area contributed by atoms with Gasteiger partial charge in [-0.2, -0.15) is 0 Å². The number of halogens is 1. The highest BCUT2D eigenvalue weighted by Crippen LogP contribution is 2.49. The fourth-order valence-electron chi connectivity index (χ4n) is 3.28. The van der Waals surface area contributed by atoms with Gasteiger partial charge in [-0.25, -0.2) is 0 Å². The molecule has 2 atom stereocenters. The summed E-state index contributed by atoms with van der Waals surface area (Å²) in [5.41, 5.74) is 0.857. The molecule has 0 amide bonds. The lowest BCUT2D eigenvalue weighted by atomic mass is 9.73. The second-order valence-electron chi connectivity index (χ2n) is 6.60. The van der Waals surface area contributed by atoms with Crippen LogP contribution in [0, 0.1) is 15.5 Å². The molecular formula is C16H16ClNO4. The number of benzene rings is 1. The Morgan fingerprint density at radius 1 is 1.36 bits per heavy atom. The van der Waals surface area contributed by atoms with Crippen molar-refractivity contribution in [3.8, 4) is 0 Å². The first-order valence-electron chi connectivity index (χ1n) is 7.10. The summed E-state index contributed by atoms with van der Waals surface area (Å²) >= 11 is 6.00. The second kappa shape index (κ2) is 5.09. The molecule has 0 radical (unpaired) electrons. The predicted octanol–water partition coefficient (Wildman–Crippen LogP) is 3.70. The van der Waals surface area contributed by atoms with Crippen LogP contribution in [0.4, 0.5) is 0 Å². The van der Waals surface area contributed by atoms with Crippen molar-refractivity contribution >= 4 is 17.4 Å². The zero-order valence-corrected chi connectivity index (χ0v) is 13.1. The van der Waals surface area contributed by atoms with E-state index in [9.17, 15) is 14.9 Å². The van der Waals surface area contributed by atoms with E-state index in [-0.39, 0.29) is 11.2 Å².